The summed E-state index contributed by atoms with van der Waals surface area (Å²) in [6.45, 7) is 22.4. The molecule has 3 saturated carbocycles. The fourth-order valence-electron chi connectivity index (χ4n) is 12.2. The molecule has 0 heterocycles. The van der Waals surface area contributed by atoms with Gasteiger partial charge in [-0.05, 0) is 155 Å². The molecule has 0 aliphatic heterocycles. The molecule has 0 bridgehead atoms. The monoisotopic (exact) mass is 771 g/mol. The van der Waals surface area contributed by atoms with Gasteiger partial charge < -0.3 is 9.47 Å². The zero-order chi connectivity index (χ0) is 40.3. The minimum absolute atomic E-state index is 0.136. The summed E-state index contributed by atoms with van der Waals surface area (Å²) in [6.07, 6.45) is 33.9. The first-order valence-corrected chi connectivity index (χ1v) is 24.7. The third-order valence-electron chi connectivity index (χ3n) is 15.4. The van der Waals surface area contributed by atoms with Crippen LogP contribution in [-0.2, 0) is 19.1 Å². The fraction of sp³-hybridized carbons (Fsp3) is 0.961. The molecule has 0 aromatic carbocycles. The van der Waals surface area contributed by atoms with Crippen molar-refractivity contribution in [2.24, 2.45) is 64.1 Å². The lowest BCUT2D eigenvalue weighted by molar-refractivity contribution is -0.167. The van der Waals surface area contributed by atoms with Crippen molar-refractivity contribution in [2.45, 2.75) is 236 Å². The lowest BCUT2D eigenvalue weighted by atomic mass is 9.63. The van der Waals surface area contributed by atoms with E-state index in [4.69, 9.17) is 9.47 Å². The van der Waals surface area contributed by atoms with E-state index in [1.54, 1.807) is 0 Å². The van der Waals surface area contributed by atoms with Crippen LogP contribution in [0.1, 0.15) is 236 Å². The van der Waals surface area contributed by atoms with Gasteiger partial charge in [0.2, 0.25) is 0 Å². The molecule has 0 radical (unpaired) electrons. The lowest BCUT2D eigenvalue weighted by Gasteiger charge is -2.43. The molecule has 7 unspecified atom stereocenters. The van der Waals surface area contributed by atoms with Crippen LogP contribution in [0.15, 0.2) is 0 Å². The molecule has 55 heavy (non-hydrogen) atoms. The molecular weight excluding hydrogens is 677 g/mol. The third-order valence-corrected chi connectivity index (χ3v) is 15.4. The Kier molecular flexibility index (Phi) is 22.3. The molecule has 3 aliphatic rings. The summed E-state index contributed by atoms with van der Waals surface area (Å²) >= 11 is 0. The standard InChI is InChI=1S/C51H94O4/c1-10-14-19-39(5)33-41(7)35-50(27-16-12-3)29-23-44(24-30-50)37-54-48(52)46-22-18-21-43(9)47(46)49(53)55-38-45-25-31-51(32-26-45,28-17-13-4)36-42(8)34-40(6)20-15-11-2/h39-47H,10-38H2,1-9H3. The SMILES string of the molecule is CCCCC(C)CC(C)CC1(CCCC)CCC(COC(=O)C2CCCC(C)C2C(=O)OCC2CCC(CCCC)(CC(C)CC(C)CCCC)CC2)CC1. The minimum Gasteiger partial charge on any atom is -0.465 e. The number of ether oxygens (including phenoxy) is 2. The van der Waals surface area contributed by atoms with Crippen LogP contribution in [0.5, 0.6) is 0 Å². The zero-order valence-corrected chi connectivity index (χ0v) is 38.3. The van der Waals surface area contributed by atoms with Crippen molar-refractivity contribution in [1.82, 2.24) is 0 Å². The zero-order valence-electron chi connectivity index (χ0n) is 38.3. The van der Waals surface area contributed by atoms with Crippen LogP contribution in [0, 0.1) is 64.1 Å². The van der Waals surface area contributed by atoms with Crippen molar-refractivity contribution in [3.63, 3.8) is 0 Å². The molecule has 4 nitrogen and oxygen atoms in total. The van der Waals surface area contributed by atoms with E-state index in [2.05, 4.69) is 62.3 Å². The first-order valence-electron chi connectivity index (χ1n) is 24.7. The molecular formula is C51H94O4. The highest BCUT2D eigenvalue weighted by Gasteiger charge is 2.44. The highest BCUT2D eigenvalue weighted by molar-refractivity contribution is 5.82. The van der Waals surface area contributed by atoms with Gasteiger partial charge in [0.25, 0.3) is 0 Å². The van der Waals surface area contributed by atoms with E-state index in [0.29, 0.717) is 35.9 Å². The van der Waals surface area contributed by atoms with Crippen molar-refractivity contribution in [1.29, 1.82) is 0 Å². The van der Waals surface area contributed by atoms with E-state index >= 15 is 0 Å². The number of rotatable bonds is 26. The highest BCUT2D eigenvalue weighted by atomic mass is 16.5. The van der Waals surface area contributed by atoms with Crippen molar-refractivity contribution in [3.8, 4) is 0 Å². The summed E-state index contributed by atoms with van der Waals surface area (Å²) in [7, 11) is 0. The maximum atomic E-state index is 13.8. The second-order valence-electron chi connectivity index (χ2n) is 21.0. The molecule has 3 fully saturated rings. The van der Waals surface area contributed by atoms with Gasteiger partial charge in [0, 0.05) is 0 Å². The Labute approximate surface area is 343 Å². The van der Waals surface area contributed by atoms with Crippen molar-refractivity contribution < 1.29 is 19.1 Å². The Bertz CT molecular complexity index is 1040. The summed E-state index contributed by atoms with van der Waals surface area (Å²) in [5, 5.41) is 0. The van der Waals surface area contributed by atoms with E-state index in [9.17, 15) is 9.59 Å². The van der Waals surface area contributed by atoms with Gasteiger partial charge in [-0.3, -0.25) is 9.59 Å². The maximum Gasteiger partial charge on any atom is 0.310 e. The van der Waals surface area contributed by atoms with Crippen LogP contribution in [0.4, 0.5) is 0 Å². The molecule has 0 saturated heterocycles. The van der Waals surface area contributed by atoms with E-state index in [1.807, 2.05) is 0 Å². The van der Waals surface area contributed by atoms with Crippen LogP contribution in [0.25, 0.3) is 0 Å². The lowest BCUT2D eigenvalue weighted by Crippen LogP contribution is -2.41. The molecule has 0 aromatic rings. The summed E-state index contributed by atoms with van der Waals surface area (Å²) in [6, 6.07) is 0. The molecule has 4 heteroatoms. The Balaban J connectivity index is 1.49. The van der Waals surface area contributed by atoms with E-state index < -0.39 is 0 Å². The van der Waals surface area contributed by atoms with Crippen molar-refractivity contribution >= 4 is 11.9 Å². The molecule has 322 valence electrons. The van der Waals surface area contributed by atoms with Crippen LogP contribution in [0.3, 0.4) is 0 Å². The average Bonchev–Trinajstić information content (AvgIpc) is 3.16. The Hall–Kier alpha value is -1.06. The molecule has 3 rings (SSSR count). The van der Waals surface area contributed by atoms with Crippen LogP contribution in [0.2, 0.25) is 0 Å². The largest absolute Gasteiger partial charge is 0.465 e. The highest BCUT2D eigenvalue weighted by Crippen LogP contribution is 2.50. The van der Waals surface area contributed by atoms with E-state index in [-0.39, 0.29) is 29.7 Å². The van der Waals surface area contributed by atoms with Crippen molar-refractivity contribution in [3.05, 3.63) is 0 Å². The van der Waals surface area contributed by atoms with Gasteiger partial charge in [-0.1, -0.05) is 133 Å². The average molecular weight is 771 g/mol. The number of esters is 2. The Morgan fingerprint density at radius 2 is 0.982 bits per heavy atom. The normalized spacial score (nSPS) is 31.0. The second-order valence-corrected chi connectivity index (χ2v) is 21.0. The molecule has 3 aliphatic carbocycles. The predicted octanol–water partition coefficient (Wildman–Crippen LogP) is 15.3. The van der Waals surface area contributed by atoms with Gasteiger partial charge in [0.1, 0.15) is 0 Å². The summed E-state index contributed by atoms with van der Waals surface area (Å²) in [5.74, 6) is 3.29. The second kappa shape index (κ2) is 25.4. The Morgan fingerprint density at radius 3 is 1.40 bits per heavy atom. The number of carbonyl (C=O) groups excluding carboxylic acids is 2. The number of carbonyl (C=O) groups is 2. The maximum absolute atomic E-state index is 13.8. The van der Waals surface area contributed by atoms with Crippen LogP contribution in [-0.4, -0.2) is 25.2 Å². The Morgan fingerprint density at radius 1 is 0.564 bits per heavy atom. The number of hydrogen-bond donors (Lipinski definition) is 0. The molecule has 7 atom stereocenters. The van der Waals surface area contributed by atoms with Crippen molar-refractivity contribution in [2.75, 3.05) is 13.2 Å². The predicted molar refractivity (Wildman–Crippen MR) is 234 cm³/mol. The van der Waals surface area contributed by atoms with E-state index in [0.717, 1.165) is 42.9 Å². The minimum atomic E-state index is -0.363. The summed E-state index contributed by atoms with van der Waals surface area (Å²) < 4.78 is 12.3. The summed E-state index contributed by atoms with van der Waals surface area (Å²) in [5.41, 5.74) is 0.932. The summed E-state index contributed by atoms with van der Waals surface area (Å²) in [4.78, 5) is 27.5. The van der Waals surface area contributed by atoms with Gasteiger partial charge in [-0.2, -0.15) is 0 Å². The quantitative estimate of drug-likeness (QED) is 0.0822. The molecule has 0 aromatic heterocycles. The third kappa shape index (κ3) is 16.6. The van der Waals surface area contributed by atoms with Gasteiger partial charge >= 0.3 is 11.9 Å². The van der Waals surface area contributed by atoms with Crippen LogP contribution < -0.4 is 0 Å². The first kappa shape index (κ1) is 48.3. The fourth-order valence-corrected chi connectivity index (χ4v) is 12.2. The molecule has 0 amide bonds. The number of unbranched alkanes of at least 4 members (excludes halogenated alkanes) is 4. The van der Waals surface area contributed by atoms with E-state index in [1.165, 1.54) is 154 Å². The van der Waals surface area contributed by atoms with Gasteiger partial charge in [-0.25, -0.2) is 0 Å². The molecule has 0 spiro atoms. The molecule has 0 N–H and O–H groups in total. The topological polar surface area (TPSA) is 52.6 Å². The number of hydrogen-bond acceptors (Lipinski definition) is 4. The van der Waals surface area contributed by atoms with Crippen LogP contribution >= 0.6 is 0 Å². The van der Waals surface area contributed by atoms with Gasteiger partial charge in [0.15, 0.2) is 0 Å². The van der Waals surface area contributed by atoms with Gasteiger partial charge in [0.05, 0.1) is 25.0 Å². The van der Waals surface area contributed by atoms with Gasteiger partial charge in [-0.15, -0.1) is 0 Å². The smallest absolute Gasteiger partial charge is 0.310 e. The first-order chi connectivity index (χ1) is 26.4.